The maximum absolute atomic E-state index is 13.7. The SMILES string of the molecule is CCOC(=O)C1CCN(c2cc(C(=O)Nc3ccccc3F)ccn2)CC1. The van der Waals surface area contributed by atoms with Gasteiger partial charge in [0.05, 0.1) is 18.2 Å². The number of halogens is 1. The Bertz CT molecular complexity index is 820. The molecule has 2 heterocycles. The third-order valence-corrected chi connectivity index (χ3v) is 4.57. The second-order valence-corrected chi connectivity index (χ2v) is 6.35. The van der Waals surface area contributed by atoms with E-state index in [1.54, 1.807) is 37.4 Å². The van der Waals surface area contributed by atoms with Gasteiger partial charge in [-0.05, 0) is 44.0 Å². The molecule has 1 saturated heterocycles. The van der Waals surface area contributed by atoms with Crippen molar-refractivity contribution in [2.45, 2.75) is 19.8 Å². The van der Waals surface area contributed by atoms with Crippen LogP contribution in [0.1, 0.15) is 30.1 Å². The second-order valence-electron chi connectivity index (χ2n) is 6.35. The third-order valence-electron chi connectivity index (χ3n) is 4.57. The number of ether oxygens (including phenoxy) is 1. The van der Waals surface area contributed by atoms with Crippen LogP contribution in [0, 0.1) is 11.7 Å². The first-order valence-corrected chi connectivity index (χ1v) is 9.02. The predicted octanol–water partition coefficient (Wildman–Crippen LogP) is 3.25. The number of benzene rings is 1. The molecule has 1 aliphatic rings. The Labute approximate surface area is 157 Å². The van der Waals surface area contributed by atoms with Crippen molar-refractivity contribution in [3.8, 4) is 0 Å². The molecule has 0 spiro atoms. The number of carbonyl (C=O) groups excluding carboxylic acids is 2. The molecule has 27 heavy (non-hydrogen) atoms. The minimum absolute atomic E-state index is 0.0891. The summed E-state index contributed by atoms with van der Waals surface area (Å²) >= 11 is 0. The van der Waals surface area contributed by atoms with E-state index in [-0.39, 0.29) is 17.6 Å². The lowest BCUT2D eigenvalue weighted by molar-refractivity contribution is -0.148. The van der Waals surface area contributed by atoms with E-state index >= 15 is 0 Å². The summed E-state index contributed by atoms with van der Waals surface area (Å²) in [7, 11) is 0. The zero-order chi connectivity index (χ0) is 19.2. The molecule has 6 nitrogen and oxygen atoms in total. The molecule has 3 rings (SSSR count). The summed E-state index contributed by atoms with van der Waals surface area (Å²) < 4.78 is 18.8. The predicted molar refractivity (Wildman–Crippen MR) is 100 cm³/mol. The number of amides is 1. The highest BCUT2D eigenvalue weighted by atomic mass is 19.1. The molecule has 1 fully saturated rings. The molecule has 1 amide bonds. The van der Waals surface area contributed by atoms with Crippen LogP contribution in [0.2, 0.25) is 0 Å². The maximum Gasteiger partial charge on any atom is 0.309 e. The number of nitrogens with zero attached hydrogens (tertiary/aromatic N) is 2. The molecule has 0 bridgehead atoms. The number of hydrogen-bond donors (Lipinski definition) is 1. The van der Waals surface area contributed by atoms with Gasteiger partial charge in [0, 0.05) is 24.8 Å². The van der Waals surface area contributed by atoms with Crippen molar-refractivity contribution in [1.82, 2.24) is 4.98 Å². The minimum atomic E-state index is -0.485. The van der Waals surface area contributed by atoms with Gasteiger partial charge in [0.15, 0.2) is 0 Å². The molecule has 2 aromatic rings. The Hall–Kier alpha value is -2.96. The number of para-hydroxylation sites is 1. The molecular formula is C20H22FN3O3. The minimum Gasteiger partial charge on any atom is -0.466 e. The number of carbonyl (C=O) groups is 2. The summed E-state index contributed by atoms with van der Waals surface area (Å²) in [6.07, 6.45) is 2.93. The molecule has 7 heteroatoms. The molecule has 0 unspecified atom stereocenters. The standard InChI is InChI=1S/C20H22FN3O3/c1-2-27-20(26)14-8-11-24(12-9-14)18-13-15(7-10-22-18)19(25)23-17-6-4-3-5-16(17)21/h3-7,10,13-14H,2,8-9,11-12H2,1H3,(H,23,25). The van der Waals surface area contributed by atoms with Gasteiger partial charge in [0.2, 0.25) is 0 Å². The van der Waals surface area contributed by atoms with E-state index < -0.39 is 11.7 Å². The molecule has 1 aromatic carbocycles. The molecule has 0 radical (unpaired) electrons. The first-order chi connectivity index (χ1) is 13.1. The average molecular weight is 371 g/mol. The number of anilines is 2. The van der Waals surface area contributed by atoms with Crippen LogP contribution in [-0.2, 0) is 9.53 Å². The van der Waals surface area contributed by atoms with E-state index in [0.717, 1.165) is 0 Å². The normalized spacial score (nSPS) is 14.7. The van der Waals surface area contributed by atoms with Crippen LogP contribution in [0.3, 0.4) is 0 Å². The van der Waals surface area contributed by atoms with E-state index in [1.165, 1.54) is 12.1 Å². The van der Waals surface area contributed by atoms with E-state index in [1.807, 2.05) is 4.90 Å². The summed E-state index contributed by atoms with van der Waals surface area (Å²) in [5.74, 6) is -0.457. The monoisotopic (exact) mass is 371 g/mol. The van der Waals surface area contributed by atoms with Gasteiger partial charge in [-0.15, -0.1) is 0 Å². The largest absolute Gasteiger partial charge is 0.466 e. The van der Waals surface area contributed by atoms with Gasteiger partial charge in [-0.2, -0.15) is 0 Å². The summed E-state index contributed by atoms with van der Waals surface area (Å²) in [4.78, 5) is 30.6. The third kappa shape index (κ3) is 4.61. The maximum atomic E-state index is 13.7. The van der Waals surface area contributed by atoms with E-state index in [0.29, 0.717) is 43.9 Å². The van der Waals surface area contributed by atoms with Crippen LogP contribution in [0.15, 0.2) is 42.6 Å². The summed E-state index contributed by atoms with van der Waals surface area (Å²) in [6, 6.07) is 9.29. The van der Waals surface area contributed by atoms with E-state index in [2.05, 4.69) is 10.3 Å². The zero-order valence-corrected chi connectivity index (χ0v) is 15.2. The van der Waals surface area contributed by atoms with Crippen LogP contribution in [0.25, 0.3) is 0 Å². The van der Waals surface area contributed by atoms with Crippen LogP contribution in [-0.4, -0.2) is 36.6 Å². The summed E-state index contributed by atoms with van der Waals surface area (Å²) in [6.45, 7) is 3.51. The topological polar surface area (TPSA) is 71.5 Å². The van der Waals surface area contributed by atoms with Crippen molar-refractivity contribution in [1.29, 1.82) is 0 Å². The van der Waals surface area contributed by atoms with E-state index in [9.17, 15) is 14.0 Å². The Kier molecular flexibility index (Phi) is 6.01. The molecule has 0 atom stereocenters. The lowest BCUT2D eigenvalue weighted by Crippen LogP contribution is -2.37. The first kappa shape index (κ1) is 18.8. The van der Waals surface area contributed by atoms with Crippen molar-refractivity contribution in [3.63, 3.8) is 0 Å². The fourth-order valence-corrected chi connectivity index (χ4v) is 3.09. The van der Waals surface area contributed by atoms with Crippen molar-refractivity contribution >= 4 is 23.4 Å². The summed E-state index contributed by atoms with van der Waals surface area (Å²) in [5.41, 5.74) is 0.534. The van der Waals surface area contributed by atoms with Crippen LogP contribution in [0.5, 0.6) is 0 Å². The van der Waals surface area contributed by atoms with Gasteiger partial charge >= 0.3 is 5.97 Å². The van der Waals surface area contributed by atoms with Crippen molar-refractivity contribution in [3.05, 3.63) is 54.0 Å². The number of esters is 1. The molecule has 0 aliphatic carbocycles. The molecular weight excluding hydrogens is 349 g/mol. The average Bonchev–Trinajstić information content (AvgIpc) is 2.70. The van der Waals surface area contributed by atoms with Crippen molar-refractivity contribution in [2.24, 2.45) is 5.92 Å². The Morgan fingerprint density at radius 2 is 2.00 bits per heavy atom. The molecule has 1 N–H and O–H groups in total. The van der Waals surface area contributed by atoms with Gasteiger partial charge in [0.1, 0.15) is 11.6 Å². The number of nitrogens with one attached hydrogen (secondary N) is 1. The fourth-order valence-electron chi connectivity index (χ4n) is 3.09. The number of piperidine rings is 1. The van der Waals surface area contributed by atoms with Crippen LogP contribution < -0.4 is 10.2 Å². The molecule has 142 valence electrons. The zero-order valence-electron chi connectivity index (χ0n) is 15.2. The molecule has 1 aliphatic heterocycles. The quantitative estimate of drug-likeness (QED) is 0.817. The Morgan fingerprint density at radius 1 is 1.26 bits per heavy atom. The van der Waals surface area contributed by atoms with E-state index in [4.69, 9.17) is 4.74 Å². The number of hydrogen-bond acceptors (Lipinski definition) is 5. The van der Waals surface area contributed by atoms with Gasteiger partial charge in [-0.1, -0.05) is 12.1 Å². The van der Waals surface area contributed by atoms with Gasteiger partial charge < -0.3 is 15.0 Å². The van der Waals surface area contributed by atoms with Gasteiger partial charge in [-0.25, -0.2) is 9.37 Å². The highest BCUT2D eigenvalue weighted by Gasteiger charge is 2.26. The summed E-state index contributed by atoms with van der Waals surface area (Å²) in [5, 5.41) is 2.57. The smallest absolute Gasteiger partial charge is 0.309 e. The fraction of sp³-hybridized carbons (Fsp3) is 0.350. The Balaban J connectivity index is 1.65. The van der Waals surface area contributed by atoms with Crippen molar-refractivity contribution in [2.75, 3.05) is 29.9 Å². The van der Waals surface area contributed by atoms with Gasteiger partial charge in [-0.3, -0.25) is 9.59 Å². The van der Waals surface area contributed by atoms with Crippen LogP contribution >= 0.6 is 0 Å². The van der Waals surface area contributed by atoms with Crippen LogP contribution in [0.4, 0.5) is 15.9 Å². The van der Waals surface area contributed by atoms with Crippen molar-refractivity contribution < 1.29 is 18.7 Å². The number of aromatic nitrogens is 1. The Morgan fingerprint density at radius 3 is 2.70 bits per heavy atom. The van der Waals surface area contributed by atoms with Gasteiger partial charge in [0.25, 0.3) is 5.91 Å². The molecule has 1 aromatic heterocycles. The number of pyridine rings is 1. The lowest BCUT2D eigenvalue weighted by Gasteiger charge is -2.31. The highest BCUT2D eigenvalue weighted by molar-refractivity contribution is 6.04. The first-order valence-electron chi connectivity index (χ1n) is 9.02. The molecule has 0 saturated carbocycles. The lowest BCUT2D eigenvalue weighted by atomic mass is 9.97. The second kappa shape index (κ2) is 8.62. The highest BCUT2D eigenvalue weighted by Crippen LogP contribution is 2.24. The number of rotatable bonds is 5.